The highest BCUT2D eigenvalue weighted by atomic mass is 16.5. The van der Waals surface area contributed by atoms with Crippen molar-refractivity contribution in [3.8, 4) is 5.75 Å². The SMILES string of the molecule is COc1ccc(C(=O)[C@@H]2CCCC[C@H]2N2CCCCC2)cc1. The van der Waals surface area contributed by atoms with Gasteiger partial charge >= 0.3 is 0 Å². The third-order valence-corrected chi connectivity index (χ3v) is 5.30. The zero-order valence-corrected chi connectivity index (χ0v) is 13.6. The molecule has 0 spiro atoms. The van der Waals surface area contributed by atoms with Crippen LogP contribution >= 0.6 is 0 Å². The predicted octanol–water partition coefficient (Wildman–Crippen LogP) is 3.92. The van der Waals surface area contributed by atoms with Crippen LogP contribution in [0.15, 0.2) is 24.3 Å². The molecule has 1 aromatic rings. The Morgan fingerprint density at radius 3 is 2.36 bits per heavy atom. The Hall–Kier alpha value is -1.35. The van der Waals surface area contributed by atoms with Gasteiger partial charge in [-0.15, -0.1) is 0 Å². The van der Waals surface area contributed by atoms with Gasteiger partial charge in [-0.25, -0.2) is 0 Å². The zero-order valence-electron chi connectivity index (χ0n) is 13.6. The molecule has 0 radical (unpaired) electrons. The summed E-state index contributed by atoms with van der Waals surface area (Å²) in [4.78, 5) is 15.6. The van der Waals surface area contributed by atoms with Gasteiger partial charge in [-0.1, -0.05) is 19.3 Å². The quantitative estimate of drug-likeness (QED) is 0.789. The average Bonchev–Trinajstić information content (AvgIpc) is 2.62. The summed E-state index contributed by atoms with van der Waals surface area (Å²) in [6, 6.07) is 8.09. The molecule has 0 bridgehead atoms. The largest absolute Gasteiger partial charge is 0.497 e. The van der Waals surface area contributed by atoms with Crippen LogP contribution in [0.25, 0.3) is 0 Å². The van der Waals surface area contributed by atoms with Crippen molar-refractivity contribution in [1.82, 2.24) is 4.90 Å². The summed E-state index contributed by atoms with van der Waals surface area (Å²) in [5.74, 6) is 1.32. The molecular formula is C19H27NO2. The van der Waals surface area contributed by atoms with Crippen LogP contribution < -0.4 is 4.74 Å². The number of Topliss-reactive ketones (excluding diaryl/α,β-unsaturated/α-hetero) is 1. The first-order chi connectivity index (χ1) is 10.8. The van der Waals surface area contributed by atoms with E-state index >= 15 is 0 Å². The van der Waals surface area contributed by atoms with Crippen LogP contribution in [0.1, 0.15) is 55.3 Å². The van der Waals surface area contributed by atoms with E-state index in [0.717, 1.165) is 17.7 Å². The molecular weight excluding hydrogens is 274 g/mol. The number of ether oxygens (including phenoxy) is 1. The number of methoxy groups -OCH3 is 1. The van der Waals surface area contributed by atoms with Crippen molar-refractivity contribution in [3.05, 3.63) is 29.8 Å². The van der Waals surface area contributed by atoms with Crippen LogP contribution in [0.4, 0.5) is 0 Å². The van der Waals surface area contributed by atoms with Crippen molar-refractivity contribution in [2.24, 2.45) is 5.92 Å². The Morgan fingerprint density at radius 1 is 1.00 bits per heavy atom. The third-order valence-electron chi connectivity index (χ3n) is 5.30. The molecule has 0 N–H and O–H groups in total. The van der Waals surface area contributed by atoms with Crippen molar-refractivity contribution in [1.29, 1.82) is 0 Å². The average molecular weight is 301 g/mol. The fourth-order valence-corrected chi connectivity index (χ4v) is 4.07. The van der Waals surface area contributed by atoms with Gasteiger partial charge in [-0.3, -0.25) is 9.69 Å². The number of hydrogen-bond donors (Lipinski definition) is 0. The predicted molar refractivity (Wildman–Crippen MR) is 88.5 cm³/mol. The van der Waals surface area contributed by atoms with Gasteiger partial charge in [0.1, 0.15) is 5.75 Å². The topological polar surface area (TPSA) is 29.5 Å². The minimum atomic E-state index is 0.181. The van der Waals surface area contributed by atoms with Gasteiger partial charge in [-0.05, 0) is 63.0 Å². The molecule has 0 amide bonds. The summed E-state index contributed by atoms with van der Waals surface area (Å²) >= 11 is 0. The Labute approximate surface area is 133 Å². The first-order valence-corrected chi connectivity index (χ1v) is 8.72. The number of carbonyl (C=O) groups excluding carboxylic acids is 1. The van der Waals surface area contributed by atoms with Gasteiger partial charge in [0.05, 0.1) is 7.11 Å². The van der Waals surface area contributed by atoms with Gasteiger partial charge in [0, 0.05) is 17.5 Å². The number of hydrogen-bond acceptors (Lipinski definition) is 3. The molecule has 2 aliphatic rings. The second kappa shape index (κ2) is 7.28. The van der Waals surface area contributed by atoms with E-state index in [0.29, 0.717) is 11.8 Å². The Bertz CT molecular complexity index is 491. The van der Waals surface area contributed by atoms with Crippen molar-refractivity contribution in [2.45, 2.75) is 51.0 Å². The molecule has 0 aromatic heterocycles. The summed E-state index contributed by atoms with van der Waals surface area (Å²) in [6.45, 7) is 2.36. The number of nitrogens with zero attached hydrogens (tertiary/aromatic N) is 1. The van der Waals surface area contributed by atoms with Crippen LogP contribution in [-0.2, 0) is 0 Å². The van der Waals surface area contributed by atoms with Crippen molar-refractivity contribution >= 4 is 5.78 Å². The molecule has 22 heavy (non-hydrogen) atoms. The van der Waals surface area contributed by atoms with Crippen LogP contribution in [-0.4, -0.2) is 36.9 Å². The molecule has 120 valence electrons. The van der Waals surface area contributed by atoms with Gasteiger partial charge in [-0.2, -0.15) is 0 Å². The maximum Gasteiger partial charge on any atom is 0.167 e. The first-order valence-electron chi connectivity index (χ1n) is 8.72. The normalized spacial score (nSPS) is 26.6. The summed E-state index contributed by atoms with van der Waals surface area (Å²) < 4.78 is 5.19. The highest BCUT2D eigenvalue weighted by molar-refractivity contribution is 5.98. The van der Waals surface area contributed by atoms with Crippen LogP contribution in [0.2, 0.25) is 0 Å². The Morgan fingerprint density at radius 2 is 1.68 bits per heavy atom. The molecule has 1 aromatic carbocycles. The molecule has 3 nitrogen and oxygen atoms in total. The van der Waals surface area contributed by atoms with E-state index in [-0.39, 0.29) is 5.92 Å². The first kappa shape index (κ1) is 15.5. The minimum absolute atomic E-state index is 0.181. The number of likely N-dealkylation sites (tertiary alicyclic amines) is 1. The minimum Gasteiger partial charge on any atom is -0.497 e. The molecule has 3 rings (SSSR count). The van der Waals surface area contributed by atoms with Gasteiger partial charge in [0.25, 0.3) is 0 Å². The van der Waals surface area contributed by atoms with E-state index in [1.807, 2.05) is 24.3 Å². The van der Waals surface area contributed by atoms with Crippen molar-refractivity contribution in [3.63, 3.8) is 0 Å². The monoisotopic (exact) mass is 301 g/mol. The van der Waals surface area contributed by atoms with E-state index in [1.54, 1.807) is 7.11 Å². The fraction of sp³-hybridized carbons (Fsp3) is 0.632. The Balaban J connectivity index is 1.75. The van der Waals surface area contributed by atoms with Gasteiger partial charge < -0.3 is 4.74 Å². The van der Waals surface area contributed by atoms with E-state index in [2.05, 4.69) is 4.90 Å². The summed E-state index contributed by atoms with van der Waals surface area (Å²) in [5.41, 5.74) is 0.842. The maximum absolute atomic E-state index is 13.0. The molecule has 3 heteroatoms. The number of carbonyl (C=O) groups is 1. The van der Waals surface area contributed by atoms with Crippen LogP contribution in [0.3, 0.4) is 0 Å². The van der Waals surface area contributed by atoms with Gasteiger partial charge in [0.2, 0.25) is 0 Å². The molecule has 1 heterocycles. The standard InChI is InChI=1S/C19H27NO2/c1-22-16-11-9-15(10-12-16)19(21)17-7-3-4-8-18(17)20-13-5-2-6-14-20/h9-12,17-18H,2-8,13-14H2,1H3/t17-,18-/m1/s1. The lowest BCUT2D eigenvalue weighted by molar-refractivity contribution is 0.0609. The van der Waals surface area contributed by atoms with Crippen molar-refractivity contribution < 1.29 is 9.53 Å². The molecule has 1 saturated carbocycles. The maximum atomic E-state index is 13.0. The van der Waals surface area contributed by atoms with Crippen LogP contribution in [0, 0.1) is 5.92 Å². The van der Waals surface area contributed by atoms with Crippen LogP contribution in [0.5, 0.6) is 5.75 Å². The fourth-order valence-electron chi connectivity index (χ4n) is 4.07. The molecule has 2 fully saturated rings. The lowest BCUT2D eigenvalue weighted by Gasteiger charge is -2.41. The smallest absolute Gasteiger partial charge is 0.167 e. The second-order valence-electron chi connectivity index (χ2n) is 6.65. The molecule has 2 atom stereocenters. The van der Waals surface area contributed by atoms with E-state index in [1.165, 1.54) is 51.6 Å². The Kier molecular flexibility index (Phi) is 5.14. The molecule has 1 aliphatic heterocycles. The highest BCUT2D eigenvalue weighted by Crippen LogP contribution is 2.33. The van der Waals surface area contributed by atoms with E-state index in [4.69, 9.17) is 4.74 Å². The lowest BCUT2D eigenvalue weighted by Crippen LogP contribution is -2.47. The van der Waals surface area contributed by atoms with Gasteiger partial charge in [0.15, 0.2) is 5.78 Å². The number of benzene rings is 1. The van der Waals surface area contributed by atoms with Crippen molar-refractivity contribution in [2.75, 3.05) is 20.2 Å². The molecule has 0 unspecified atom stereocenters. The zero-order chi connectivity index (χ0) is 15.4. The second-order valence-corrected chi connectivity index (χ2v) is 6.65. The highest BCUT2D eigenvalue weighted by Gasteiger charge is 2.35. The number of ketones is 1. The number of rotatable bonds is 4. The van der Waals surface area contributed by atoms with E-state index < -0.39 is 0 Å². The molecule has 1 aliphatic carbocycles. The van der Waals surface area contributed by atoms with E-state index in [9.17, 15) is 4.79 Å². The summed E-state index contributed by atoms with van der Waals surface area (Å²) in [5, 5.41) is 0. The third kappa shape index (κ3) is 3.35. The lowest BCUT2D eigenvalue weighted by atomic mass is 9.78. The number of piperidine rings is 1. The summed E-state index contributed by atoms with van der Waals surface area (Å²) in [7, 11) is 1.66. The summed E-state index contributed by atoms with van der Waals surface area (Å²) in [6.07, 6.45) is 8.63. The molecule has 1 saturated heterocycles.